The lowest BCUT2D eigenvalue weighted by molar-refractivity contribution is -0.416. The Morgan fingerprint density at radius 1 is 1.33 bits per heavy atom. The van der Waals surface area contributed by atoms with E-state index in [0.29, 0.717) is 0 Å². The number of hydrogen-bond acceptors (Lipinski definition) is 4. The maximum Gasteiger partial charge on any atom is 0.407 e. The second-order valence-corrected chi connectivity index (χ2v) is 0.927. The molecule has 0 heterocycles. The van der Waals surface area contributed by atoms with Gasteiger partial charge in [-0.05, 0) is 0 Å². The van der Waals surface area contributed by atoms with Crippen LogP contribution in [0.4, 0.5) is 0 Å². The Balaban J connectivity index is 3.17. The molecule has 3 N–H and O–H groups in total. The summed E-state index contributed by atoms with van der Waals surface area (Å²) in [6.07, 6.45) is -3.00. The quantitative estimate of drug-likeness (QED) is 0.281. The van der Waals surface area contributed by atoms with Gasteiger partial charge in [-0.3, -0.25) is 4.52 Å². The van der Waals surface area contributed by atoms with Crippen LogP contribution in [0.2, 0.25) is 0 Å². The third-order valence-corrected chi connectivity index (χ3v) is 0.474. The van der Waals surface area contributed by atoms with Crippen LogP contribution in [0.5, 0.6) is 0 Å². The summed E-state index contributed by atoms with van der Waals surface area (Å²) in [6.45, 7) is 0. The zero-order chi connectivity index (χ0) is 5.21. The zero-order valence-electron chi connectivity index (χ0n) is 2.83. The lowest BCUT2D eigenvalue weighted by Gasteiger charge is -2.07. The Labute approximate surface area is 36.7 Å². The molecule has 1 unspecified atom stereocenters. The van der Waals surface area contributed by atoms with Crippen LogP contribution < -0.4 is 0 Å². The third kappa shape index (κ3) is 4.27. The van der Waals surface area contributed by atoms with E-state index in [1.165, 1.54) is 9.47 Å². The molecule has 4 nitrogen and oxygen atoms in total. The van der Waals surface area contributed by atoms with Gasteiger partial charge >= 0.3 is 6.16 Å². The number of hydrogen-bond donors (Lipinski definition) is 3. The third-order valence-electron chi connectivity index (χ3n) is 0.158. The highest BCUT2D eigenvalue weighted by Crippen LogP contribution is 1.98. The Morgan fingerprint density at radius 3 is 1.50 bits per heavy atom. The molecule has 0 aliphatic carbocycles. The molecule has 0 aliphatic heterocycles. The molecule has 0 aromatic heterocycles. The molecule has 0 saturated heterocycles. The summed E-state index contributed by atoms with van der Waals surface area (Å²) >= 11 is 0. The standard InChI is InChI=1S/CH5O4P/c2-1(3,4)5-6/h2-4H,6H2. The van der Waals surface area contributed by atoms with Crippen molar-refractivity contribution in [3.8, 4) is 0 Å². The van der Waals surface area contributed by atoms with Crippen molar-refractivity contribution >= 4 is 9.47 Å². The second-order valence-electron chi connectivity index (χ2n) is 0.692. The first-order valence-corrected chi connectivity index (χ1v) is 1.58. The molecular weight excluding hydrogens is 107 g/mol. The minimum atomic E-state index is -3.00. The highest BCUT2D eigenvalue weighted by atomic mass is 31.0. The van der Waals surface area contributed by atoms with E-state index in [0.717, 1.165) is 0 Å². The van der Waals surface area contributed by atoms with Crippen LogP contribution >= 0.6 is 9.47 Å². The summed E-state index contributed by atoms with van der Waals surface area (Å²) < 4.78 is 3.52. The molecule has 0 aliphatic rings. The Hall–Kier alpha value is 0.270. The van der Waals surface area contributed by atoms with E-state index in [1.807, 2.05) is 0 Å². The predicted molar refractivity (Wildman–Crippen MR) is 20.2 cm³/mol. The summed E-state index contributed by atoms with van der Waals surface area (Å²) in [6, 6.07) is 0. The van der Waals surface area contributed by atoms with Gasteiger partial charge in [0.2, 0.25) is 0 Å². The molecule has 5 heteroatoms. The fourth-order valence-electron chi connectivity index (χ4n) is 0. The van der Waals surface area contributed by atoms with Crippen LogP contribution in [0.1, 0.15) is 0 Å². The van der Waals surface area contributed by atoms with E-state index in [-0.39, 0.29) is 0 Å². The smallest absolute Gasteiger partial charge is 0.319 e. The molecule has 0 amide bonds. The van der Waals surface area contributed by atoms with Crippen LogP contribution in [0, 0.1) is 0 Å². The van der Waals surface area contributed by atoms with Gasteiger partial charge in [-0.15, -0.1) is 0 Å². The van der Waals surface area contributed by atoms with Crippen molar-refractivity contribution in [1.82, 2.24) is 0 Å². The SMILES string of the molecule is OC(O)(O)OP. The highest BCUT2D eigenvalue weighted by Gasteiger charge is 2.14. The molecule has 6 heavy (non-hydrogen) atoms. The summed E-state index contributed by atoms with van der Waals surface area (Å²) in [5, 5.41) is 23.1. The molecule has 38 valence electrons. The van der Waals surface area contributed by atoms with Crippen LogP contribution in [-0.4, -0.2) is 21.5 Å². The normalized spacial score (nSPS) is 12.0. The zero-order valence-corrected chi connectivity index (χ0v) is 3.98. The average molecular weight is 112 g/mol. The van der Waals surface area contributed by atoms with E-state index in [4.69, 9.17) is 15.3 Å². The van der Waals surface area contributed by atoms with Crippen molar-refractivity contribution in [1.29, 1.82) is 0 Å². The molecule has 0 saturated carbocycles. The van der Waals surface area contributed by atoms with Gasteiger partial charge in [0.1, 0.15) is 0 Å². The molecule has 0 bridgehead atoms. The average Bonchev–Trinajstić information content (AvgIpc) is 1.35. The van der Waals surface area contributed by atoms with Crippen molar-refractivity contribution < 1.29 is 19.8 Å². The summed E-state index contributed by atoms with van der Waals surface area (Å²) in [5.74, 6) is 0. The molecule has 0 aromatic carbocycles. The Bertz CT molecular complexity index is 37.3. The molecule has 0 spiro atoms. The fourth-order valence-corrected chi connectivity index (χ4v) is 0. The number of rotatable bonds is 1. The van der Waals surface area contributed by atoms with Gasteiger partial charge in [-0.2, -0.15) is 0 Å². The van der Waals surface area contributed by atoms with Crippen LogP contribution in [0.15, 0.2) is 0 Å². The topological polar surface area (TPSA) is 69.9 Å². The number of aliphatic hydroxyl groups is 3. The molecule has 0 radical (unpaired) electrons. The van der Waals surface area contributed by atoms with Crippen molar-refractivity contribution in [3.63, 3.8) is 0 Å². The van der Waals surface area contributed by atoms with Gasteiger partial charge in [0.25, 0.3) is 0 Å². The minimum Gasteiger partial charge on any atom is -0.319 e. The summed E-state index contributed by atoms with van der Waals surface area (Å²) in [7, 11) is 1.47. The summed E-state index contributed by atoms with van der Waals surface area (Å²) in [5.41, 5.74) is 0. The first-order chi connectivity index (χ1) is 2.56. The van der Waals surface area contributed by atoms with E-state index < -0.39 is 6.16 Å². The molecule has 0 fully saturated rings. The van der Waals surface area contributed by atoms with Gasteiger partial charge in [-0.25, -0.2) is 0 Å². The maximum atomic E-state index is 7.69. The van der Waals surface area contributed by atoms with Crippen LogP contribution in [0.3, 0.4) is 0 Å². The monoisotopic (exact) mass is 112 g/mol. The van der Waals surface area contributed by atoms with Crippen molar-refractivity contribution in [2.45, 2.75) is 6.16 Å². The molecule has 1 atom stereocenters. The van der Waals surface area contributed by atoms with Crippen molar-refractivity contribution in [2.24, 2.45) is 0 Å². The minimum absolute atomic E-state index is 1.47. The molecular formula is CH5O4P. The van der Waals surface area contributed by atoms with E-state index >= 15 is 0 Å². The van der Waals surface area contributed by atoms with E-state index in [9.17, 15) is 0 Å². The molecule has 0 aromatic rings. The van der Waals surface area contributed by atoms with Crippen LogP contribution in [-0.2, 0) is 4.52 Å². The first-order valence-electron chi connectivity index (χ1n) is 1.11. The fraction of sp³-hybridized carbons (Fsp3) is 1.00. The maximum absolute atomic E-state index is 7.69. The van der Waals surface area contributed by atoms with Gasteiger partial charge < -0.3 is 15.3 Å². The van der Waals surface area contributed by atoms with Crippen molar-refractivity contribution in [2.75, 3.05) is 0 Å². The molecule has 0 rings (SSSR count). The Morgan fingerprint density at radius 2 is 1.50 bits per heavy atom. The summed E-state index contributed by atoms with van der Waals surface area (Å²) in [4.78, 5) is 0. The highest BCUT2D eigenvalue weighted by molar-refractivity contribution is 7.09. The van der Waals surface area contributed by atoms with E-state index in [2.05, 4.69) is 4.52 Å². The van der Waals surface area contributed by atoms with E-state index in [1.54, 1.807) is 0 Å². The van der Waals surface area contributed by atoms with Crippen molar-refractivity contribution in [3.05, 3.63) is 0 Å². The van der Waals surface area contributed by atoms with Gasteiger partial charge in [-0.1, -0.05) is 0 Å². The van der Waals surface area contributed by atoms with Gasteiger partial charge in [0.05, 0.1) is 0 Å². The van der Waals surface area contributed by atoms with Gasteiger partial charge in [0, 0.05) is 9.47 Å². The Kier molecular flexibility index (Phi) is 1.90. The lowest BCUT2D eigenvalue weighted by Crippen LogP contribution is -2.26. The van der Waals surface area contributed by atoms with Crippen LogP contribution in [0.25, 0.3) is 0 Å². The largest absolute Gasteiger partial charge is 0.407 e. The first kappa shape index (κ1) is 6.27. The predicted octanol–water partition coefficient (Wildman–Crippen LogP) is -1.62. The van der Waals surface area contributed by atoms with Gasteiger partial charge in [0.15, 0.2) is 0 Å². The lowest BCUT2D eigenvalue weighted by atomic mass is 11.2. The second kappa shape index (κ2) is 1.82.